The molecule has 1 aromatic heterocycles. The molecule has 0 amide bonds. The Hall–Kier alpha value is -0.570. The minimum Gasteiger partial charge on any atom is -0.492 e. The van der Waals surface area contributed by atoms with Gasteiger partial charge in [0.15, 0.2) is 0 Å². The van der Waals surface area contributed by atoms with Crippen LogP contribution in [0.25, 0.3) is 0 Å². The molecule has 1 aromatic rings. The smallest absolute Gasteiger partial charge is 0.137 e. The second-order valence-electron chi connectivity index (χ2n) is 3.02. The first-order chi connectivity index (χ1) is 5.68. The summed E-state index contributed by atoms with van der Waals surface area (Å²) in [5.41, 5.74) is 0. The van der Waals surface area contributed by atoms with Crippen molar-refractivity contribution in [2.75, 3.05) is 6.61 Å². The monoisotopic (exact) mass is 229 g/mol. The highest BCUT2D eigenvalue weighted by molar-refractivity contribution is 9.10. The van der Waals surface area contributed by atoms with E-state index in [2.05, 4.69) is 34.8 Å². The molecular formula is C9H12BrNO. The van der Waals surface area contributed by atoms with E-state index in [1.165, 1.54) is 0 Å². The molecule has 0 atom stereocenters. The van der Waals surface area contributed by atoms with Crippen molar-refractivity contribution in [1.29, 1.82) is 0 Å². The molecule has 1 rings (SSSR count). The maximum absolute atomic E-state index is 5.44. The SMILES string of the molecule is CC(C)COc1ccc(Br)nc1. The summed E-state index contributed by atoms with van der Waals surface area (Å²) in [5, 5.41) is 0. The molecule has 0 unspecified atom stereocenters. The van der Waals surface area contributed by atoms with E-state index in [9.17, 15) is 0 Å². The first-order valence-corrected chi connectivity index (χ1v) is 4.72. The van der Waals surface area contributed by atoms with E-state index < -0.39 is 0 Å². The van der Waals surface area contributed by atoms with Crippen LogP contribution in [0.2, 0.25) is 0 Å². The fourth-order valence-corrected chi connectivity index (χ4v) is 0.945. The Morgan fingerprint density at radius 1 is 1.50 bits per heavy atom. The summed E-state index contributed by atoms with van der Waals surface area (Å²) in [7, 11) is 0. The van der Waals surface area contributed by atoms with Gasteiger partial charge in [-0.2, -0.15) is 0 Å². The van der Waals surface area contributed by atoms with Gasteiger partial charge in [0.2, 0.25) is 0 Å². The number of nitrogens with zero attached hydrogens (tertiary/aromatic N) is 1. The van der Waals surface area contributed by atoms with Crippen LogP contribution in [0.3, 0.4) is 0 Å². The third kappa shape index (κ3) is 3.22. The van der Waals surface area contributed by atoms with Gasteiger partial charge in [0.05, 0.1) is 12.8 Å². The predicted molar refractivity (Wildman–Crippen MR) is 52.3 cm³/mol. The van der Waals surface area contributed by atoms with Crippen LogP contribution >= 0.6 is 15.9 Å². The van der Waals surface area contributed by atoms with Crippen molar-refractivity contribution >= 4 is 15.9 Å². The summed E-state index contributed by atoms with van der Waals surface area (Å²) in [6.07, 6.45) is 1.71. The highest BCUT2D eigenvalue weighted by Gasteiger charge is 1.96. The van der Waals surface area contributed by atoms with Crippen LogP contribution in [-0.2, 0) is 0 Å². The summed E-state index contributed by atoms with van der Waals surface area (Å²) in [4.78, 5) is 4.05. The van der Waals surface area contributed by atoms with Crippen LogP contribution in [0.15, 0.2) is 22.9 Å². The summed E-state index contributed by atoms with van der Waals surface area (Å²) < 4.78 is 6.27. The topological polar surface area (TPSA) is 22.1 Å². The molecule has 3 heteroatoms. The van der Waals surface area contributed by atoms with Crippen molar-refractivity contribution in [3.05, 3.63) is 22.9 Å². The molecule has 0 aliphatic rings. The zero-order valence-corrected chi connectivity index (χ0v) is 8.84. The standard InChI is InChI=1S/C9H12BrNO/c1-7(2)6-12-8-3-4-9(10)11-5-8/h3-5,7H,6H2,1-2H3. The predicted octanol–water partition coefficient (Wildman–Crippen LogP) is 2.88. The number of halogens is 1. The van der Waals surface area contributed by atoms with E-state index >= 15 is 0 Å². The van der Waals surface area contributed by atoms with E-state index in [4.69, 9.17) is 4.74 Å². The second kappa shape index (κ2) is 4.45. The third-order valence-corrected chi connectivity index (χ3v) is 1.75. The van der Waals surface area contributed by atoms with Crippen molar-refractivity contribution < 1.29 is 4.74 Å². The van der Waals surface area contributed by atoms with Gasteiger partial charge < -0.3 is 4.74 Å². The number of ether oxygens (including phenoxy) is 1. The second-order valence-corrected chi connectivity index (χ2v) is 3.83. The lowest BCUT2D eigenvalue weighted by molar-refractivity contribution is 0.270. The summed E-state index contributed by atoms with van der Waals surface area (Å²) in [6, 6.07) is 3.77. The molecule has 1 heterocycles. The molecule has 0 spiro atoms. The molecule has 0 aliphatic carbocycles. The minimum absolute atomic E-state index is 0.550. The third-order valence-electron chi connectivity index (χ3n) is 1.28. The molecule has 2 nitrogen and oxygen atoms in total. The molecule has 0 saturated heterocycles. The average molecular weight is 230 g/mol. The first kappa shape index (κ1) is 9.52. The van der Waals surface area contributed by atoms with Crippen molar-refractivity contribution in [2.45, 2.75) is 13.8 Å². The van der Waals surface area contributed by atoms with E-state index in [1.807, 2.05) is 12.1 Å². The molecule has 12 heavy (non-hydrogen) atoms. The van der Waals surface area contributed by atoms with Gasteiger partial charge in [-0.1, -0.05) is 13.8 Å². The van der Waals surface area contributed by atoms with Crippen LogP contribution in [0.5, 0.6) is 5.75 Å². The van der Waals surface area contributed by atoms with Crippen LogP contribution in [0.4, 0.5) is 0 Å². The van der Waals surface area contributed by atoms with Gasteiger partial charge in [-0.3, -0.25) is 0 Å². The Balaban J connectivity index is 2.48. The lowest BCUT2D eigenvalue weighted by atomic mass is 10.2. The Morgan fingerprint density at radius 2 is 2.25 bits per heavy atom. The van der Waals surface area contributed by atoms with Crippen molar-refractivity contribution in [2.24, 2.45) is 5.92 Å². The van der Waals surface area contributed by atoms with Gasteiger partial charge in [-0.15, -0.1) is 0 Å². The highest BCUT2D eigenvalue weighted by atomic mass is 79.9. The first-order valence-electron chi connectivity index (χ1n) is 3.93. The largest absolute Gasteiger partial charge is 0.492 e. The molecule has 0 radical (unpaired) electrons. The molecule has 0 saturated carbocycles. The zero-order chi connectivity index (χ0) is 8.97. The summed E-state index contributed by atoms with van der Waals surface area (Å²) in [5.74, 6) is 1.38. The lowest BCUT2D eigenvalue weighted by Crippen LogP contribution is -2.04. The number of aromatic nitrogens is 1. The van der Waals surface area contributed by atoms with Gasteiger partial charge in [0.25, 0.3) is 0 Å². The Kier molecular flexibility index (Phi) is 3.53. The van der Waals surface area contributed by atoms with E-state index in [1.54, 1.807) is 6.20 Å². The number of hydrogen-bond donors (Lipinski definition) is 0. The van der Waals surface area contributed by atoms with E-state index in [0.29, 0.717) is 5.92 Å². The zero-order valence-electron chi connectivity index (χ0n) is 7.25. The van der Waals surface area contributed by atoms with Crippen LogP contribution in [0, 0.1) is 5.92 Å². The Morgan fingerprint density at radius 3 is 2.75 bits per heavy atom. The van der Waals surface area contributed by atoms with Gasteiger partial charge in [0, 0.05) is 0 Å². The maximum Gasteiger partial charge on any atom is 0.137 e. The molecule has 0 aromatic carbocycles. The summed E-state index contributed by atoms with van der Waals surface area (Å²) in [6.45, 7) is 4.97. The molecular weight excluding hydrogens is 218 g/mol. The number of hydrogen-bond acceptors (Lipinski definition) is 2. The fraction of sp³-hybridized carbons (Fsp3) is 0.444. The van der Waals surface area contributed by atoms with Crippen LogP contribution in [0.1, 0.15) is 13.8 Å². The Labute approximate surface area is 81.1 Å². The normalized spacial score (nSPS) is 10.3. The lowest BCUT2D eigenvalue weighted by Gasteiger charge is -2.07. The van der Waals surface area contributed by atoms with E-state index in [0.717, 1.165) is 17.0 Å². The minimum atomic E-state index is 0.550. The van der Waals surface area contributed by atoms with Gasteiger partial charge in [-0.25, -0.2) is 4.98 Å². The molecule has 0 bridgehead atoms. The van der Waals surface area contributed by atoms with Crippen molar-refractivity contribution in [3.8, 4) is 5.75 Å². The Bertz CT molecular complexity index is 233. The van der Waals surface area contributed by atoms with Crippen LogP contribution < -0.4 is 4.74 Å². The molecule has 0 N–H and O–H groups in total. The maximum atomic E-state index is 5.44. The van der Waals surface area contributed by atoms with Crippen molar-refractivity contribution in [1.82, 2.24) is 4.98 Å². The molecule has 66 valence electrons. The highest BCUT2D eigenvalue weighted by Crippen LogP contribution is 2.13. The van der Waals surface area contributed by atoms with Gasteiger partial charge in [-0.05, 0) is 34.0 Å². The summed E-state index contributed by atoms with van der Waals surface area (Å²) >= 11 is 3.26. The number of pyridine rings is 1. The molecule has 0 aliphatic heterocycles. The quantitative estimate of drug-likeness (QED) is 0.745. The van der Waals surface area contributed by atoms with E-state index in [-0.39, 0.29) is 0 Å². The average Bonchev–Trinajstić information content (AvgIpc) is 2.03. The van der Waals surface area contributed by atoms with Gasteiger partial charge >= 0.3 is 0 Å². The molecule has 0 fully saturated rings. The van der Waals surface area contributed by atoms with Crippen molar-refractivity contribution in [3.63, 3.8) is 0 Å². The van der Waals surface area contributed by atoms with Gasteiger partial charge in [0.1, 0.15) is 10.4 Å². The number of rotatable bonds is 3. The van der Waals surface area contributed by atoms with Crippen LogP contribution in [-0.4, -0.2) is 11.6 Å². The fourth-order valence-electron chi connectivity index (χ4n) is 0.711.